The van der Waals surface area contributed by atoms with Crippen LogP contribution < -0.4 is 0 Å². The molecule has 3 aromatic heterocycles. The van der Waals surface area contributed by atoms with Crippen LogP contribution in [0.4, 0.5) is 4.39 Å². The maximum atomic E-state index is 14.5. The number of benzene rings is 3. The molecule has 0 spiro atoms. The summed E-state index contributed by atoms with van der Waals surface area (Å²) < 4.78 is 16.6. The van der Waals surface area contributed by atoms with Gasteiger partial charge in [-0.15, -0.1) is 0 Å². The van der Waals surface area contributed by atoms with Gasteiger partial charge in [0.05, 0.1) is 11.2 Å². The Morgan fingerprint density at radius 2 is 1.65 bits per heavy atom. The molecule has 0 atom stereocenters. The average molecular weight is 524 g/mol. The Bertz CT molecular complexity index is 1940. The highest BCUT2D eigenvalue weighted by atomic mass is 19.1. The van der Waals surface area contributed by atoms with Crippen molar-refractivity contribution in [1.82, 2.24) is 14.6 Å². The fourth-order valence-corrected chi connectivity index (χ4v) is 7.19. The first-order chi connectivity index (χ1) is 19.6. The second kappa shape index (κ2) is 8.59. The Hall–Kier alpha value is -4.31. The number of aromatic nitrogens is 3. The lowest BCUT2D eigenvalue weighted by molar-refractivity contribution is 0.490. The van der Waals surface area contributed by atoms with Crippen LogP contribution in [0.5, 0.6) is 0 Å². The van der Waals surface area contributed by atoms with Crippen LogP contribution in [0.3, 0.4) is 0 Å². The summed E-state index contributed by atoms with van der Waals surface area (Å²) in [5.41, 5.74) is 11.6. The molecule has 0 aliphatic heterocycles. The number of nitrogens with zero attached hydrogens (tertiary/aromatic N) is 3. The molecule has 3 aromatic carbocycles. The van der Waals surface area contributed by atoms with Gasteiger partial charge in [-0.1, -0.05) is 56.3 Å². The van der Waals surface area contributed by atoms with Gasteiger partial charge in [0.25, 0.3) is 0 Å². The first-order valence-corrected chi connectivity index (χ1v) is 14.4. The van der Waals surface area contributed by atoms with Crippen LogP contribution in [0.15, 0.2) is 91.1 Å². The van der Waals surface area contributed by atoms with E-state index in [2.05, 4.69) is 66.9 Å². The van der Waals surface area contributed by atoms with Crippen molar-refractivity contribution in [2.45, 2.75) is 50.9 Å². The van der Waals surface area contributed by atoms with Crippen molar-refractivity contribution in [2.24, 2.45) is 0 Å². The van der Waals surface area contributed by atoms with Crippen LogP contribution >= 0.6 is 0 Å². The second-order valence-electron chi connectivity index (χ2n) is 11.4. The van der Waals surface area contributed by atoms with E-state index in [0.29, 0.717) is 5.92 Å². The number of fused-ring (bicyclic) bond motifs is 6. The van der Waals surface area contributed by atoms with Crippen LogP contribution in [0, 0.1) is 5.82 Å². The Morgan fingerprint density at radius 1 is 0.850 bits per heavy atom. The van der Waals surface area contributed by atoms with Gasteiger partial charge in [-0.3, -0.25) is 4.98 Å². The van der Waals surface area contributed by atoms with Crippen molar-refractivity contribution in [1.29, 1.82) is 0 Å². The Labute approximate surface area is 233 Å². The lowest BCUT2D eigenvalue weighted by Crippen LogP contribution is -2.23. The number of hydrogen-bond donors (Lipinski definition) is 0. The fourth-order valence-electron chi connectivity index (χ4n) is 7.19. The van der Waals surface area contributed by atoms with E-state index in [9.17, 15) is 4.39 Å². The maximum absolute atomic E-state index is 14.5. The van der Waals surface area contributed by atoms with Gasteiger partial charge < -0.3 is 0 Å². The van der Waals surface area contributed by atoms with E-state index in [1.807, 2.05) is 30.5 Å². The first kappa shape index (κ1) is 23.6. The predicted octanol–water partition coefficient (Wildman–Crippen LogP) is 9.32. The third kappa shape index (κ3) is 3.22. The minimum absolute atomic E-state index is 0.0273. The van der Waals surface area contributed by atoms with Gasteiger partial charge >= 0.3 is 0 Å². The number of hydrogen-bond acceptors (Lipinski definition) is 2. The largest absolute Gasteiger partial charge is 0.255 e. The first-order valence-electron chi connectivity index (χ1n) is 14.4. The summed E-state index contributed by atoms with van der Waals surface area (Å²) in [7, 11) is 0. The van der Waals surface area contributed by atoms with Crippen molar-refractivity contribution >= 4 is 16.3 Å². The second-order valence-corrected chi connectivity index (χ2v) is 11.4. The maximum Gasteiger partial charge on any atom is 0.123 e. The van der Waals surface area contributed by atoms with Crippen LogP contribution in [0.2, 0.25) is 0 Å². The highest BCUT2D eigenvalue weighted by Crippen LogP contribution is 2.54. The molecule has 1 saturated carbocycles. The molecular formula is C36H30FN3. The molecule has 3 nitrogen and oxygen atoms in total. The fraction of sp³-hybridized carbons (Fsp3) is 0.222. The molecule has 2 aliphatic rings. The summed E-state index contributed by atoms with van der Waals surface area (Å²) in [6, 6.07) is 29.1. The lowest BCUT2D eigenvalue weighted by atomic mass is 9.73. The van der Waals surface area contributed by atoms with Crippen molar-refractivity contribution < 1.29 is 4.39 Å². The summed E-state index contributed by atoms with van der Waals surface area (Å²) >= 11 is 0. The van der Waals surface area contributed by atoms with Crippen LogP contribution in [0.1, 0.15) is 62.3 Å². The summed E-state index contributed by atoms with van der Waals surface area (Å²) in [5, 5.41) is 7.20. The van der Waals surface area contributed by atoms with Crippen molar-refractivity contribution in [2.75, 3.05) is 0 Å². The van der Waals surface area contributed by atoms with Crippen LogP contribution in [-0.2, 0) is 5.41 Å². The van der Waals surface area contributed by atoms with E-state index in [1.54, 1.807) is 12.1 Å². The third-order valence-electron chi connectivity index (χ3n) is 9.37. The molecule has 0 unspecified atom stereocenters. The molecule has 3 heterocycles. The molecule has 2 aliphatic carbocycles. The molecule has 4 heteroatoms. The lowest BCUT2D eigenvalue weighted by Gasteiger charge is -2.30. The molecule has 0 radical (unpaired) electrons. The van der Waals surface area contributed by atoms with Gasteiger partial charge in [0.1, 0.15) is 11.5 Å². The monoisotopic (exact) mass is 523 g/mol. The summed E-state index contributed by atoms with van der Waals surface area (Å²) in [4.78, 5) is 4.74. The van der Waals surface area contributed by atoms with E-state index in [0.717, 1.165) is 70.2 Å². The number of halogens is 1. The molecule has 196 valence electrons. The molecular weight excluding hydrogens is 493 g/mol. The van der Waals surface area contributed by atoms with Gasteiger partial charge in [0.15, 0.2) is 0 Å². The minimum atomic E-state index is -0.212. The van der Waals surface area contributed by atoms with Gasteiger partial charge in [-0.05, 0) is 101 Å². The molecule has 0 saturated heterocycles. The summed E-state index contributed by atoms with van der Waals surface area (Å²) in [5.74, 6) is 0.234. The average Bonchev–Trinajstić information content (AvgIpc) is 3.71. The van der Waals surface area contributed by atoms with Gasteiger partial charge in [0, 0.05) is 34.2 Å². The highest BCUT2D eigenvalue weighted by molar-refractivity contribution is 6.07. The van der Waals surface area contributed by atoms with E-state index >= 15 is 0 Å². The van der Waals surface area contributed by atoms with E-state index in [1.165, 1.54) is 22.3 Å². The molecule has 0 N–H and O–H groups in total. The minimum Gasteiger partial charge on any atom is -0.255 e. The normalized spacial score (nSPS) is 15.5. The SMILES string of the molecule is CCC1(CC)c2ccccc2-c2ccc(-c3c(-c4ccccn4)nn4c(C5CC5)cc5cc(F)ccc5c34)cc21. The Balaban J connectivity index is 1.49. The summed E-state index contributed by atoms with van der Waals surface area (Å²) in [6.07, 6.45) is 6.17. The molecule has 6 aromatic rings. The van der Waals surface area contributed by atoms with Gasteiger partial charge in [-0.25, -0.2) is 8.91 Å². The molecule has 0 bridgehead atoms. The van der Waals surface area contributed by atoms with E-state index in [-0.39, 0.29) is 11.2 Å². The molecule has 0 amide bonds. The van der Waals surface area contributed by atoms with Crippen molar-refractivity contribution in [3.63, 3.8) is 0 Å². The van der Waals surface area contributed by atoms with Gasteiger partial charge in [-0.2, -0.15) is 5.10 Å². The molecule has 8 rings (SSSR count). The van der Waals surface area contributed by atoms with Gasteiger partial charge in [0.2, 0.25) is 0 Å². The topological polar surface area (TPSA) is 30.2 Å². The number of rotatable bonds is 5. The molecule has 40 heavy (non-hydrogen) atoms. The van der Waals surface area contributed by atoms with Crippen molar-refractivity contribution in [3.05, 3.63) is 114 Å². The standard InChI is InChI=1S/C36H30FN3/c1-3-36(4-2)29-10-6-5-9-27(29)28-16-14-23(20-30(28)36)33-34(31-11-7-8-18-38-31)39-40-32(22-12-13-22)21-24-19-25(37)15-17-26(24)35(33)40/h5-11,14-22H,3-4,12-13H2,1-2H3. The van der Waals surface area contributed by atoms with Crippen LogP contribution in [-0.4, -0.2) is 14.6 Å². The predicted molar refractivity (Wildman–Crippen MR) is 160 cm³/mol. The summed E-state index contributed by atoms with van der Waals surface area (Å²) in [6.45, 7) is 4.61. The van der Waals surface area contributed by atoms with Crippen LogP contribution in [0.25, 0.3) is 49.9 Å². The van der Waals surface area contributed by atoms with E-state index in [4.69, 9.17) is 10.1 Å². The number of pyridine rings is 2. The third-order valence-corrected chi connectivity index (χ3v) is 9.37. The smallest absolute Gasteiger partial charge is 0.123 e. The Kier molecular flexibility index (Phi) is 5.06. The highest BCUT2D eigenvalue weighted by Gasteiger charge is 2.40. The zero-order valence-electron chi connectivity index (χ0n) is 22.8. The zero-order chi connectivity index (χ0) is 27.0. The van der Waals surface area contributed by atoms with Crippen molar-refractivity contribution in [3.8, 4) is 33.6 Å². The molecule has 1 fully saturated rings. The quantitative estimate of drug-likeness (QED) is 0.225. The van der Waals surface area contributed by atoms with E-state index < -0.39 is 0 Å². The zero-order valence-corrected chi connectivity index (χ0v) is 22.8. The Morgan fingerprint density at radius 3 is 2.42 bits per heavy atom.